The van der Waals surface area contributed by atoms with E-state index in [0.717, 1.165) is 5.56 Å². The number of carbonyl (C=O) groups is 1. The number of benzene rings is 1. The average Bonchev–Trinajstić information content (AvgIpc) is 3.12. The molecule has 3 N–H and O–H groups in total. The summed E-state index contributed by atoms with van der Waals surface area (Å²) >= 11 is 0. The Bertz CT molecular complexity index is 1160. The lowest BCUT2D eigenvalue weighted by Gasteiger charge is -2.07. The molecule has 0 unspecified atom stereocenters. The summed E-state index contributed by atoms with van der Waals surface area (Å²) in [5.41, 5.74) is 6.15. The molecule has 4 rings (SSSR count). The molecule has 0 atom stereocenters. The normalized spacial score (nSPS) is 11.0. The summed E-state index contributed by atoms with van der Waals surface area (Å²) in [4.78, 5) is 19.9. The predicted molar refractivity (Wildman–Crippen MR) is 92.2 cm³/mol. The van der Waals surface area contributed by atoms with Crippen molar-refractivity contribution in [1.29, 1.82) is 0 Å². The Morgan fingerprint density at radius 1 is 1.19 bits per heavy atom. The Labute approximate surface area is 151 Å². The molecule has 0 aliphatic carbocycles. The number of fused-ring (bicyclic) bond motifs is 1. The second-order valence-electron chi connectivity index (χ2n) is 5.73. The van der Waals surface area contributed by atoms with E-state index in [1.807, 2.05) is 0 Å². The third kappa shape index (κ3) is 3.06. The molecule has 3 heterocycles. The molecule has 3 aromatic heterocycles. The fourth-order valence-corrected chi connectivity index (χ4v) is 2.66. The maximum absolute atomic E-state index is 13.0. The van der Waals surface area contributed by atoms with E-state index in [1.165, 1.54) is 18.3 Å². The highest BCUT2D eigenvalue weighted by molar-refractivity contribution is 6.06. The number of halogens is 1. The molecule has 8 nitrogen and oxygen atoms in total. The predicted octanol–water partition coefficient (Wildman–Crippen LogP) is 2.21. The van der Waals surface area contributed by atoms with Gasteiger partial charge in [-0.15, -0.1) is 10.2 Å². The third-order valence-electron chi connectivity index (χ3n) is 3.91. The van der Waals surface area contributed by atoms with Gasteiger partial charge in [0.15, 0.2) is 11.4 Å². The largest absolute Gasteiger partial charge is 0.504 e. The minimum Gasteiger partial charge on any atom is -0.504 e. The van der Waals surface area contributed by atoms with Crippen LogP contribution in [0, 0.1) is 5.82 Å². The fourth-order valence-electron chi connectivity index (χ4n) is 2.66. The molecule has 134 valence electrons. The van der Waals surface area contributed by atoms with Crippen molar-refractivity contribution in [2.75, 3.05) is 0 Å². The van der Waals surface area contributed by atoms with E-state index in [0.29, 0.717) is 5.39 Å². The van der Waals surface area contributed by atoms with Crippen LogP contribution < -0.4 is 5.73 Å². The molecule has 1 aromatic carbocycles. The monoisotopic (exact) mass is 365 g/mol. The van der Waals surface area contributed by atoms with Crippen LogP contribution in [0.5, 0.6) is 5.75 Å². The van der Waals surface area contributed by atoms with Gasteiger partial charge in [-0.1, -0.05) is 12.1 Å². The fraction of sp³-hybridized carbons (Fsp3) is 0.0556. The zero-order valence-corrected chi connectivity index (χ0v) is 13.8. The second-order valence-corrected chi connectivity index (χ2v) is 5.73. The maximum Gasteiger partial charge on any atom is 0.270 e. The number of primary amides is 1. The van der Waals surface area contributed by atoms with Gasteiger partial charge < -0.3 is 15.3 Å². The number of rotatable bonds is 4. The number of aromatic nitrogens is 4. The minimum atomic E-state index is -0.777. The molecule has 4 aromatic rings. The van der Waals surface area contributed by atoms with Crippen LogP contribution in [-0.2, 0) is 6.42 Å². The van der Waals surface area contributed by atoms with Crippen molar-refractivity contribution in [2.45, 2.75) is 6.42 Å². The van der Waals surface area contributed by atoms with Crippen LogP contribution >= 0.6 is 0 Å². The number of pyridine rings is 2. The van der Waals surface area contributed by atoms with Gasteiger partial charge in [0, 0.05) is 11.6 Å². The molecule has 0 saturated carbocycles. The zero-order chi connectivity index (χ0) is 19.0. The van der Waals surface area contributed by atoms with E-state index in [1.54, 1.807) is 24.3 Å². The number of aromatic hydroxyl groups is 1. The molecule has 0 fully saturated rings. The highest BCUT2D eigenvalue weighted by Gasteiger charge is 2.22. The van der Waals surface area contributed by atoms with E-state index < -0.39 is 5.91 Å². The first-order chi connectivity index (χ1) is 13.0. The summed E-state index contributed by atoms with van der Waals surface area (Å²) in [5.74, 6) is -1.27. The second kappa shape index (κ2) is 6.45. The molecular formula is C18H12FN5O3. The van der Waals surface area contributed by atoms with Gasteiger partial charge in [0.1, 0.15) is 17.0 Å². The maximum atomic E-state index is 13.0. The molecule has 0 spiro atoms. The van der Waals surface area contributed by atoms with Crippen LogP contribution in [0.25, 0.3) is 22.5 Å². The molecule has 0 radical (unpaired) electrons. The van der Waals surface area contributed by atoms with Gasteiger partial charge in [-0.05, 0) is 29.8 Å². The van der Waals surface area contributed by atoms with Gasteiger partial charge in [0.2, 0.25) is 5.89 Å². The molecule has 27 heavy (non-hydrogen) atoms. The van der Waals surface area contributed by atoms with Crippen molar-refractivity contribution in [1.82, 2.24) is 20.2 Å². The van der Waals surface area contributed by atoms with Crippen molar-refractivity contribution in [3.05, 3.63) is 65.6 Å². The summed E-state index contributed by atoms with van der Waals surface area (Å²) in [6.07, 6.45) is 1.73. The minimum absolute atomic E-state index is 0.0656. The lowest BCUT2D eigenvalue weighted by molar-refractivity contribution is 0.0997. The van der Waals surface area contributed by atoms with Crippen LogP contribution in [-0.4, -0.2) is 31.2 Å². The van der Waals surface area contributed by atoms with Crippen LogP contribution in [0.4, 0.5) is 4.39 Å². The summed E-state index contributed by atoms with van der Waals surface area (Å²) in [7, 11) is 0. The van der Waals surface area contributed by atoms with Crippen molar-refractivity contribution < 1.29 is 18.7 Å². The SMILES string of the molecule is NC(=O)c1nc(-c2nnc(Cc3ccc(F)cc3)o2)c(O)c2ncccc12. The Kier molecular flexibility index (Phi) is 3.96. The molecule has 0 aliphatic heterocycles. The average molecular weight is 365 g/mol. The van der Waals surface area contributed by atoms with E-state index in [4.69, 9.17) is 10.2 Å². The van der Waals surface area contributed by atoms with E-state index in [2.05, 4.69) is 20.2 Å². The van der Waals surface area contributed by atoms with Crippen LogP contribution in [0.15, 0.2) is 47.0 Å². The molecular weight excluding hydrogens is 353 g/mol. The molecule has 9 heteroatoms. The molecule has 0 bridgehead atoms. The van der Waals surface area contributed by atoms with E-state index in [-0.39, 0.29) is 46.7 Å². The first-order valence-electron chi connectivity index (χ1n) is 7.87. The zero-order valence-electron chi connectivity index (χ0n) is 13.8. The number of amides is 1. The summed E-state index contributed by atoms with van der Waals surface area (Å²) in [6, 6.07) is 9.03. The van der Waals surface area contributed by atoms with Gasteiger partial charge >= 0.3 is 0 Å². The van der Waals surface area contributed by atoms with Gasteiger partial charge in [0.05, 0.1) is 6.42 Å². The quantitative estimate of drug-likeness (QED) is 0.567. The highest BCUT2D eigenvalue weighted by Crippen LogP contribution is 2.33. The molecule has 1 amide bonds. The van der Waals surface area contributed by atoms with Crippen LogP contribution in [0.2, 0.25) is 0 Å². The van der Waals surface area contributed by atoms with Crippen molar-refractivity contribution >= 4 is 16.8 Å². The lowest BCUT2D eigenvalue weighted by atomic mass is 10.1. The third-order valence-corrected chi connectivity index (χ3v) is 3.91. The van der Waals surface area contributed by atoms with Crippen molar-refractivity contribution in [3.8, 4) is 17.3 Å². The Morgan fingerprint density at radius 2 is 1.96 bits per heavy atom. The lowest BCUT2D eigenvalue weighted by Crippen LogP contribution is -2.14. The number of hydrogen-bond donors (Lipinski definition) is 2. The van der Waals surface area contributed by atoms with E-state index >= 15 is 0 Å². The topological polar surface area (TPSA) is 128 Å². The number of nitrogens with two attached hydrogens (primary N) is 1. The summed E-state index contributed by atoms with van der Waals surface area (Å²) in [5, 5.41) is 18.6. The van der Waals surface area contributed by atoms with Gasteiger partial charge in [-0.25, -0.2) is 9.37 Å². The van der Waals surface area contributed by atoms with Crippen molar-refractivity contribution in [2.24, 2.45) is 5.73 Å². The Balaban J connectivity index is 1.76. The summed E-state index contributed by atoms with van der Waals surface area (Å²) in [6.45, 7) is 0. The Hall–Kier alpha value is -3.88. The molecule has 0 saturated heterocycles. The first kappa shape index (κ1) is 16.6. The number of carbonyl (C=O) groups excluding carboxylic acids is 1. The van der Waals surface area contributed by atoms with Crippen LogP contribution in [0.3, 0.4) is 0 Å². The smallest absolute Gasteiger partial charge is 0.270 e. The highest BCUT2D eigenvalue weighted by atomic mass is 19.1. The Morgan fingerprint density at radius 3 is 2.70 bits per heavy atom. The van der Waals surface area contributed by atoms with E-state index in [9.17, 15) is 14.3 Å². The van der Waals surface area contributed by atoms with Gasteiger partial charge in [-0.2, -0.15) is 0 Å². The number of nitrogens with zero attached hydrogens (tertiary/aromatic N) is 4. The van der Waals surface area contributed by atoms with Crippen LogP contribution in [0.1, 0.15) is 21.9 Å². The van der Waals surface area contributed by atoms with Crippen molar-refractivity contribution in [3.63, 3.8) is 0 Å². The first-order valence-corrected chi connectivity index (χ1v) is 7.87. The number of hydrogen-bond acceptors (Lipinski definition) is 7. The summed E-state index contributed by atoms with van der Waals surface area (Å²) < 4.78 is 18.5. The standard InChI is InChI=1S/C18H12FN5O3/c19-10-5-3-9(4-6-10)8-12-23-24-18(27-12)15-16(25)13-11(2-1-7-21-13)14(22-15)17(20)26/h1-7,25H,8H2,(H2,20,26). The molecule has 0 aliphatic rings. The van der Waals surface area contributed by atoms with Gasteiger partial charge in [0.25, 0.3) is 11.8 Å². The van der Waals surface area contributed by atoms with Gasteiger partial charge in [-0.3, -0.25) is 9.78 Å².